The minimum Gasteiger partial charge on any atom is -0.459 e. The van der Waals surface area contributed by atoms with E-state index in [4.69, 9.17) is 19.2 Å². The van der Waals surface area contributed by atoms with E-state index in [0.29, 0.717) is 43.9 Å². The zero-order valence-electron chi connectivity index (χ0n) is 18.9. The lowest BCUT2D eigenvalue weighted by Crippen LogP contribution is -2.61. The van der Waals surface area contributed by atoms with Crippen molar-refractivity contribution in [3.8, 4) is 0 Å². The molecule has 0 aromatic carbocycles. The summed E-state index contributed by atoms with van der Waals surface area (Å²) in [6.07, 6.45) is 11.3. The fourth-order valence-electron chi connectivity index (χ4n) is 6.62. The van der Waals surface area contributed by atoms with Gasteiger partial charge in [-0.25, -0.2) is 4.68 Å². The maximum Gasteiger partial charge on any atom is 0.296 e. The highest BCUT2D eigenvalue weighted by molar-refractivity contribution is 6.04. The van der Waals surface area contributed by atoms with Crippen molar-refractivity contribution in [3.63, 3.8) is 0 Å². The summed E-state index contributed by atoms with van der Waals surface area (Å²) in [7, 11) is 0. The van der Waals surface area contributed by atoms with Gasteiger partial charge in [0.25, 0.3) is 11.8 Å². The standard InChI is InChI=1S/C24H31N5O4/c30-21(19-9-6-14-33-19)28-18-8-3-2-7-17(18)24(10-4-1-5-11-24)29-23(28)25-20(26-29)22(31)27-12-15-32-16-13-27/h6,9,14,17-18H,1-5,7-8,10-13,15-16H2. The normalized spacial score (nSPS) is 26.7. The molecule has 9 heteroatoms. The Morgan fingerprint density at radius 2 is 1.79 bits per heavy atom. The predicted molar refractivity (Wildman–Crippen MR) is 119 cm³/mol. The minimum absolute atomic E-state index is 0.0532. The van der Waals surface area contributed by atoms with Gasteiger partial charge in [-0.1, -0.05) is 32.1 Å². The molecule has 0 N–H and O–H groups in total. The van der Waals surface area contributed by atoms with Crippen LogP contribution in [-0.4, -0.2) is 63.8 Å². The van der Waals surface area contributed by atoms with Crippen molar-refractivity contribution in [2.24, 2.45) is 5.92 Å². The molecule has 1 spiro atoms. The van der Waals surface area contributed by atoms with Crippen molar-refractivity contribution in [1.29, 1.82) is 0 Å². The first kappa shape index (κ1) is 20.9. The van der Waals surface area contributed by atoms with Crippen molar-refractivity contribution in [3.05, 3.63) is 30.0 Å². The SMILES string of the molecule is O=C(c1nc2n(n1)C1(CCCCC1)C1CCCCC1N2C(=O)c1ccco1)N1CCOCC1. The molecule has 2 unspecified atom stereocenters. The average molecular weight is 454 g/mol. The number of anilines is 1. The molecule has 4 aliphatic rings. The fourth-order valence-corrected chi connectivity index (χ4v) is 6.62. The number of carbonyl (C=O) groups excluding carboxylic acids is 2. The fraction of sp³-hybridized carbons (Fsp3) is 0.667. The highest BCUT2D eigenvalue weighted by Gasteiger charge is 2.55. The van der Waals surface area contributed by atoms with E-state index in [9.17, 15) is 9.59 Å². The van der Waals surface area contributed by atoms with Gasteiger partial charge in [0.1, 0.15) is 0 Å². The third-order valence-corrected chi connectivity index (χ3v) is 8.14. The third-order valence-electron chi connectivity index (χ3n) is 8.14. The summed E-state index contributed by atoms with van der Waals surface area (Å²) < 4.78 is 12.9. The number of hydrogen-bond donors (Lipinski definition) is 0. The quantitative estimate of drug-likeness (QED) is 0.693. The number of hydrogen-bond acceptors (Lipinski definition) is 6. The van der Waals surface area contributed by atoms with E-state index in [1.807, 2.05) is 4.68 Å². The topological polar surface area (TPSA) is 93.7 Å². The van der Waals surface area contributed by atoms with E-state index < -0.39 is 0 Å². The van der Waals surface area contributed by atoms with Gasteiger partial charge in [-0.15, -0.1) is 5.10 Å². The van der Waals surface area contributed by atoms with Crippen LogP contribution in [0.15, 0.2) is 22.8 Å². The van der Waals surface area contributed by atoms with E-state index in [1.54, 1.807) is 21.9 Å². The van der Waals surface area contributed by atoms with E-state index >= 15 is 0 Å². The van der Waals surface area contributed by atoms with Gasteiger partial charge in [-0.3, -0.25) is 14.5 Å². The second-order valence-electron chi connectivity index (χ2n) is 9.83. The number of carbonyl (C=O) groups is 2. The first-order valence-electron chi connectivity index (χ1n) is 12.4. The number of nitrogens with zero attached hydrogens (tertiary/aromatic N) is 5. The van der Waals surface area contributed by atoms with Gasteiger partial charge in [-0.05, 0) is 37.8 Å². The van der Waals surface area contributed by atoms with Crippen molar-refractivity contribution >= 4 is 17.8 Å². The van der Waals surface area contributed by atoms with Crippen LogP contribution in [0.25, 0.3) is 0 Å². The maximum absolute atomic E-state index is 13.7. The number of furan rings is 1. The van der Waals surface area contributed by atoms with E-state index in [2.05, 4.69) is 0 Å². The molecule has 2 atom stereocenters. The number of rotatable bonds is 2. The molecule has 33 heavy (non-hydrogen) atoms. The molecule has 3 fully saturated rings. The van der Waals surface area contributed by atoms with Crippen LogP contribution in [0, 0.1) is 5.92 Å². The van der Waals surface area contributed by atoms with Crippen molar-refractivity contribution in [1.82, 2.24) is 19.7 Å². The van der Waals surface area contributed by atoms with Crippen LogP contribution in [0.1, 0.15) is 79.0 Å². The third kappa shape index (κ3) is 3.31. The molecule has 2 aromatic rings. The van der Waals surface area contributed by atoms with Crippen molar-refractivity contribution in [2.45, 2.75) is 69.4 Å². The molecule has 2 saturated carbocycles. The molecular formula is C24H31N5O4. The molecule has 6 rings (SSSR count). The van der Waals surface area contributed by atoms with Crippen LogP contribution in [0.2, 0.25) is 0 Å². The van der Waals surface area contributed by atoms with Crippen LogP contribution in [0.5, 0.6) is 0 Å². The lowest BCUT2D eigenvalue weighted by Gasteiger charge is -2.55. The minimum atomic E-state index is -0.193. The lowest BCUT2D eigenvalue weighted by atomic mass is 9.64. The second kappa shape index (κ2) is 8.27. The summed E-state index contributed by atoms with van der Waals surface area (Å²) in [5.41, 5.74) is -0.171. The summed E-state index contributed by atoms with van der Waals surface area (Å²) in [6.45, 7) is 2.12. The first-order chi connectivity index (χ1) is 16.2. The van der Waals surface area contributed by atoms with Gasteiger partial charge >= 0.3 is 0 Å². The molecule has 2 aliphatic heterocycles. The Morgan fingerprint density at radius 3 is 2.55 bits per heavy atom. The summed E-state index contributed by atoms with van der Waals surface area (Å²) in [4.78, 5) is 35.3. The summed E-state index contributed by atoms with van der Waals surface area (Å²) in [6, 6.07) is 3.49. The number of morpholine rings is 1. The molecule has 0 bridgehead atoms. The Bertz CT molecular complexity index is 1020. The molecule has 2 amide bonds. The lowest BCUT2D eigenvalue weighted by molar-refractivity contribution is 0.0267. The van der Waals surface area contributed by atoms with Crippen molar-refractivity contribution < 1.29 is 18.7 Å². The van der Waals surface area contributed by atoms with Crippen LogP contribution < -0.4 is 4.90 Å². The molecule has 176 valence electrons. The zero-order chi connectivity index (χ0) is 22.4. The summed E-state index contributed by atoms with van der Waals surface area (Å²) >= 11 is 0. The van der Waals surface area contributed by atoms with E-state index in [1.165, 1.54) is 12.7 Å². The largest absolute Gasteiger partial charge is 0.459 e. The smallest absolute Gasteiger partial charge is 0.296 e. The molecule has 1 saturated heterocycles. The Balaban J connectivity index is 1.48. The first-order valence-corrected chi connectivity index (χ1v) is 12.4. The highest BCUT2D eigenvalue weighted by Crippen LogP contribution is 2.53. The second-order valence-corrected chi connectivity index (χ2v) is 9.83. The Hall–Kier alpha value is -2.68. The highest BCUT2D eigenvalue weighted by atomic mass is 16.5. The number of amides is 2. The Morgan fingerprint density at radius 1 is 1.00 bits per heavy atom. The van der Waals surface area contributed by atoms with Gasteiger partial charge in [0.2, 0.25) is 11.8 Å². The van der Waals surface area contributed by atoms with Crippen LogP contribution in [-0.2, 0) is 10.3 Å². The van der Waals surface area contributed by atoms with Gasteiger partial charge in [-0.2, -0.15) is 4.98 Å². The maximum atomic E-state index is 13.7. The molecular weight excluding hydrogens is 422 g/mol. The Labute approximate surface area is 193 Å². The molecule has 2 aliphatic carbocycles. The van der Waals surface area contributed by atoms with Gasteiger partial charge < -0.3 is 14.1 Å². The monoisotopic (exact) mass is 453 g/mol. The molecule has 2 aromatic heterocycles. The predicted octanol–water partition coefficient (Wildman–Crippen LogP) is 3.22. The van der Waals surface area contributed by atoms with Crippen LogP contribution in [0.3, 0.4) is 0 Å². The molecule has 4 heterocycles. The van der Waals surface area contributed by atoms with E-state index in [-0.39, 0.29) is 29.2 Å². The molecule has 0 radical (unpaired) electrons. The van der Waals surface area contributed by atoms with E-state index in [0.717, 1.165) is 51.4 Å². The van der Waals surface area contributed by atoms with Gasteiger partial charge in [0, 0.05) is 25.0 Å². The van der Waals surface area contributed by atoms with Crippen LogP contribution in [0.4, 0.5) is 5.95 Å². The van der Waals surface area contributed by atoms with Crippen LogP contribution >= 0.6 is 0 Å². The van der Waals surface area contributed by atoms with Gasteiger partial charge in [0.15, 0.2) is 5.76 Å². The molecule has 9 nitrogen and oxygen atoms in total. The zero-order valence-corrected chi connectivity index (χ0v) is 18.9. The van der Waals surface area contributed by atoms with Crippen molar-refractivity contribution in [2.75, 3.05) is 31.2 Å². The number of ether oxygens (including phenoxy) is 1. The van der Waals surface area contributed by atoms with Gasteiger partial charge in [0.05, 0.1) is 25.0 Å². The summed E-state index contributed by atoms with van der Waals surface area (Å²) in [5.74, 6) is 0.937. The summed E-state index contributed by atoms with van der Waals surface area (Å²) in [5, 5.41) is 4.86. The number of fused-ring (bicyclic) bond motifs is 4. The Kier molecular flexibility index (Phi) is 5.24. The average Bonchev–Trinajstić information content (AvgIpc) is 3.56. The number of aromatic nitrogens is 3.